The van der Waals surface area contributed by atoms with Crippen LogP contribution >= 0.6 is 0 Å². The Kier molecular flexibility index (Phi) is 5.63. The van der Waals surface area contributed by atoms with Gasteiger partial charge in [-0.1, -0.05) is 19.9 Å². The SMILES string of the molecule is C=CCN1C(=O)N[C@@H](c2cc(OC)cc(OC)c2)C2=C1CN(CC(C)C)C2=O. The number of carbonyl (C=O) groups is 2. The van der Waals surface area contributed by atoms with Crippen LogP contribution in [0.1, 0.15) is 25.5 Å². The third-order valence-corrected chi connectivity index (χ3v) is 4.90. The number of benzene rings is 1. The van der Waals surface area contributed by atoms with Crippen molar-refractivity contribution in [3.05, 3.63) is 47.7 Å². The second-order valence-corrected chi connectivity index (χ2v) is 7.37. The number of methoxy groups -OCH3 is 2. The Bertz CT molecular complexity index is 809. The van der Waals surface area contributed by atoms with Crippen LogP contribution in [0, 0.1) is 5.92 Å². The average Bonchev–Trinajstić information content (AvgIpc) is 2.99. The molecule has 7 nitrogen and oxygen atoms in total. The molecule has 0 spiro atoms. The van der Waals surface area contributed by atoms with Crippen molar-refractivity contribution in [3.63, 3.8) is 0 Å². The Labute approximate surface area is 165 Å². The largest absolute Gasteiger partial charge is 0.497 e. The van der Waals surface area contributed by atoms with Crippen molar-refractivity contribution >= 4 is 11.9 Å². The van der Waals surface area contributed by atoms with Crippen LogP contribution in [0.15, 0.2) is 42.1 Å². The second-order valence-electron chi connectivity index (χ2n) is 7.37. The van der Waals surface area contributed by atoms with Crippen LogP contribution in [0.5, 0.6) is 11.5 Å². The van der Waals surface area contributed by atoms with Crippen LogP contribution in [0.4, 0.5) is 4.79 Å². The molecule has 0 aliphatic carbocycles. The van der Waals surface area contributed by atoms with Gasteiger partial charge in [-0.15, -0.1) is 6.58 Å². The van der Waals surface area contributed by atoms with E-state index in [1.165, 1.54) is 0 Å². The molecule has 2 heterocycles. The fourth-order valence-electron chi connectivity index (χ4n) is 3.71. The zero-order valence-corrected chi connectivity index (χ0v) is 16.8. The van der Waals surface area contributed by atoms with Crippen molar-refractivity contribution < 1.29 is 19.1 Å². The number of carbonyl (C=O) groups excluding carboxylic acids is 2. The average molecular weight is 385 g/mol. The standard InChI is InChI=1S/C21H27N3O4/c1-6-7-24-17-12-23(11-13(2)3)20(25)18(17)19(22-21(24)26)14-8-15(27-4)10-16(9-14)28-5/h6,8-10,13,19H,1,7,11-12H2,2-5H3,(H,22,26)/t19-/m0/s1. The second kappa shape index (κ2) is 7.96. The van der Waals surface area contributed by atoms with Crippen molar-refractivity contribution in [1.82, 2.24) is 15.1 Å². The minimum Gasteiger partial charge on any atom is -0.497 e. The Morgan fingerprint density at radius 3 is 2.39 bits per heavy atom. The van der Waals surface area contributed by atoms with Gasteiger partial charge in [-0.05, 0) is 23.6 Å². The maximum Gasteiger partial charge on any atom is 0.322 e. The van der Waals surface area contributed by atoms with E-state index in [0.29, 0.717) is 42.6 Å². The summed E-state index contributed by atoms with van der Waals surface area (Å²) in [6.07, 6.45) is 1.66. The van der Waals surface area contributed by atoms with E-state index in [2.05, 4.69) is 25.7 Å². The highest BCUT2D eigenvalue weighted by molar-refractivity contribution is 6.01. The van der Waals surface area contributed by atoms with Gasteiger partial charge >= 0.3 is 6.03 Å². The monoisotopic (exact) mass is 385 g/mol. The van der Waals surface area contributed by atoms with E-state index in [1.54, 1.807) is 36.2 Å². The highest BCUT2D eigenvalue weighted by Crippen LogP contribution is 2.38. The minimum atomic E-state index is -0.558. The van der Waals surface area contributed by atoms with Crippen molar-refractivity contribution in [2.45, 2.75) is 19.9 Å². The highest BCUT2D eigenvalue weighted by Gasteiger charge is 2.43. The van der Waals surface area contributed by atoms with Gasteiger partial charge in [0, 0.05) is 19.2 Å². The molecule has 0 aromatic heterocycles. The number of hydrogen-bond donors (Lipinski definition) is 1. The van der Waals surface area contributed by atoms with E-state index in [4.69, 9.17) is 9.47 Å². The lowest BCUT2D eigenvalue weighted by molar-refractivity contribution is -0.126. The molecular formula is C21H27N3O4. The molecule has 0 saturated carbocycles. The molecule has 1 aromatic carbocycles. The van der Waals surface area contributed by atoms with Gasteiger partial charge in [0.25, 0.3) is 5.91 Å². The molecule has 3 rings (SSSR count). The molecule has 0 radical (unpaired) electrons. The predicted molar refractivity (Wildman–Crippen MR) is 106 cm³/mol. The number of nitrogens with one attached hydrogen (secondary N) is 1. The molecule has 3 amide bonds. The minimum absolute atomic E-state index is 0.0513. The van der Waals surface area contributed by atoms with Crippen LogP contribution in [0.25, 0.3) is 0 Å². The van der Waals surface area contributed by atoms with Gasteiger partial charge in [-0.25, -0.2) is 4.79 Å². The zero-order valence-electron chi connectivity index (χ0n) is 16.8. The van der Waals surface area contributed by atoms with E-state index in [9.17, 15) is 9.59 Å². The first kappa shape index (κ1) is 19.8. The summed E-state index contributed by atoms with van der Waals surface area (Å²) in [5.74, 6) is 1.48. The van der Waals surface area contributed by atoms with Crippen molar-refractivity contribution in [2.75, 3.05) is 33.9 Å². The van der Waals surface area contributed by atoms with Gasteiger partial charge in [-0.3, -0.25) is 9.69 Å². The molecule has 2 aliphatic heterocycles. The number of amides is 3. The normalized spacial score (nSPS) is 19.1. The molecule has 0 saturated heterocycles. The lowest BCUT2D eigenvalue weighted by Gasteiger charge is -2.33. The number of hydrogen-bond acceptors (Lipinski definition) is 4. The van der Waals surface area contributed by atoms with Crippen LogP contribution in [0.2, 0.25) is 0 Å². The number of nitrogens with zero attached hydrogens (tertiary/aromatic N) is 2. The fourth-order valence-corrected chi connectivity index (χ4v) is 3.71. The molecule has 1 N–H and O–H groups in total. The van der Waals surface area contributed by atoms with Crippen LogP contribution in [-0.2, 0) is 4.79 Å². The van der Waals surface area contributed by atoms with E-state index in [0.717, 1.165) is 11.3 Å². The molecule has 0 unspecified atom stereocenters. The van der Waals surface area contributed by atoms with Gasteiger partial charge in [0.2, 0.25) is 0 Å². The third-order valence-electron chi connectivity index (χ3n) is 4.90. The lowest BCUT2D eigenvalue weighted by Crippen LogP contribution is -2.47. The fraction of sp³-hybridized carbons (Fsp3) is 0.429. The first-order chi connectivity index (χ1) is 13.4. The summed E-state index contributed by atoms with van der Waals surface area (Å²) in [7, 11) is 3.14. The maximum absolute atomic E-state index is 13.2. The topological polar surface area (TPSA) is 71.1 Å². The van der Waals surface area contributed by atoms with Crippen molar-refractivity contribution in [1.29, 1.82) is 0 Å². The van der Waals surface area contributed by atoms with Crippen molar-refractivity contribution in [3.8, 4) is 11.5 Å². The lowest BCUT2D eigenvalue weighted by atomic mass is 9.95. The zero-order chi connectivity index (χ0) is 20.4. The van der Waals surface area contributed by atoms with Gasteiger partial charge < -0.3 is 19.7 Å². The summed E-state index contributed by atoms with van der Waals surface area (Å²) in [6, 6.07) is 4.59. The van der Waals surface area contributed by atoms with Crippen LogP contribution in [-0.4, -0.2) is 55.6 Å². The molecule has 0 bridgehead atoms. The van der Waals surface area contributed by atoms with Crippen molar-refractivity contribution in [2.24, 2.45) is 5.92 Å². The Morgan fingerprint density at radius 2 is 1.86 bits per heavy atom. The predicted octanol–water partition coefficient (Wildman–Crippen LogP) is 2.71. The molecule has 150 valence electrons. The van der Waals surface area contributed by atoms with Gasteiger partial charge in [0.15, 0.2) is 0 Å². The van der Waals surface area contributed by atoms with Gasteiger partial charge in [0.05, 0.1) is 38.1 Å². The van der Waals surface area contributed by atoms with Crippen LogP contribution in [0.3, 0.4) is 0 Å². The Morgan fingerprint density at radius 1 is 1.21 bits per heavy atom. The quantitative estimate of drug-likeness (QED) is 0.733. The summed E-state index contributed by atoms with van der Waals surface area (Å²) in [5, 5.41) is 2.97. The maximum atomic E-state index is 13.2. The first-order valence-corrected chi connectivity index (χ1v) is 9.33. The summed E-state index contributed by atoms with van der Waals surface area (Å²) in [6.45, 7) is 9.28. The molecule has 7 heteroatoms. The van der Waals surface area contributed by atoms with E-state index >= 15 is 0 Å². The number of ether oxygens (including phenoxy) is 2. The third kappa shape index (κ3) is 3.56. The van der Waals surface area contributed by atoms with E-state index in [-0.39, 0.29) is 11.9 Å². The van der Waals surface area contributed by atoms with E-state index < -0.39 is 6.04 Å². The highest BCUT2D eigenvalue weighted by atomic mass is 16.5. The molecule has 1 atom stereocenters. The Hall–Kier alpha value is -2.96. The first-order valence-electron chi connectivity index (χ1n) is 9.33. The Balaban J connectivity index is 2.08. The summed E-state index contributed by atoms with van der Waals surface area (Å²) in [5.41, 5.74) is 2.08. The van der Waals surface area contributed by atoms with Crippen LogP contribution < -0.4 is 14.8 Å². The van der Waals surface area contributed by atoms with Gasteiger partial charge in [-0.2, -0.15) is 0 Å². The smallest absolute Gasteiger partial charge is 0.322 e. The number of urea groups is 1. The summed E-state index contributed by atoms with van der Waals surface area (Å²) in [4.78, 5) is 29.4. The van der Waals surface area contributed by atoms with Gasteiger partial charge in [0.1, 0.15) is 11.5 Å². The molecule has 28 heavy (non-hydrogen) atoms. The molecular weight excluding hydrogens is 358 g/mol. The molecule has 0 fully saturated rings. The summed E-state index contributed by atoms with van der Waals surface area (Å²) < 4.78 is 10.7. The summed E-state index contributed by atoms with van der Waals surface area (Å²) >= 11 is 0. The molecule has 1 aromatic rings. The molecule has 2 aliphatic rings. The van der Waals surface area contributed by atoms with E-state index in [1.807, 2.05) is 12.1 Å². The number of rotatable bonds is 7.